The molecular weight excluding hydrogens is 284 g/mol. The van der Waals surface area contributed by atoms with Crippen LogP contribution in [0, 0.1) is 11.3 Å². The van der Waals surface area contributed by atoms with Gasteiger partial charge in [0.15, 0.2) is 6.29 Å². The maximum absolute atomic E-state index is 11.8. The number of carbonyl (C=O) groups excluding carboxylic acids is 2. The van der Waals surface area contributed by atoms with Crippen LogP contribution in [-0.4, -0.2) is 12.6 Å². The van der Waals surface area contributed by atoms with Gasteiger partial charge in [0, 0.05) is 11.8 Å². The quantitative estimate of drug-likeness (QED) is 0.468. The predicted octanol–water partition coefficient (Wildman–Crippen LogP) is 5.21. The minimum atomic E-state index is -0.713. The molecule has 0 saturated heterocycles. The lowest BCUT2D eigenvalue weighted by Crippen LogP contribution is -2.29. The van der Waals surface area contributed by atoms with E-state index in [2.05, 4.69) is 20.1 Å². The third-order valence-corrected chi connectivity index (χ3v) is 4.60. The van der Waals surface area contributed by atoms with E-state index in [0.717, 1.165) is 31.2 Å². The summed E-state index contributed by atoms with van der Waals surface area (Å²) in [4.78, 5) is 22.9. The molecule has 2 unspecified atom stereocenters. The second-order valence-electron chi connectivity index (χ2n) is 6.72. The maximum Gasteiger partial charge on any atom is 0.205 e. The summed E-state index contributed by atoms with van der Waals surface area (Å²) in [6, 6.07) is 9.94. The van der Waals surface area contributed by atoms with Gasteiger partial charge in [-0.05, 0) is 24.3 Å². The van der Waals surface area contributed by atoms with Crippen molar-refractivity contribution in [3.8, 4) is 0 Å². The van der Waals surface area contributed by atoms with Crippen LogP contribution in [0.1, 0.15) is 70.8 Å². The fraction of sp³-hybridized carbons (Fsp3) is 0.619. The van der Waals surface area contributed by atoms with Gasteiger partial charge < -0.3 is 0 Å². The molecular formula is C21H30O2. The lowest BCUT2D eigenvalue weighted by atomic mass is 9.72. The third kappa shape index (κ3) is 7.11. The Morgan fingerprint density at radius 2 is 1.74 bits per heavy atom. The largest absolute Gasteiger partial charge is 0.291 e. The van der Waals surface area contributed by atoms with Gasteiger partial charge in [-0.1, -0.05) is 82.7 Å². The number of benzene rings is 1. The summed E-state index contributed by atoms with van der Waals surface area (Å²) in [7, 11) is 0. The second-order valence-corrected chi connectivity index (χ2v) is 6.72. The van der Waals surface area contributed by atoms with E-state index < -0.39 is 5.41 Å². The van der Waals surface area contributed by atoms with Gasteiger partial charge in [0.1, 0.15) is 0 Å². The Labute approximate surface area is 141 Å². The van der Waals surface area contributed by atoms with Crippen molar-refractivity contribution in [1.82, 2.24) is 0 Å². The third-order valence-electron chi connectivity index (χ3n) is 4.60. The molecule has 0 bridgehead atoms. The van der Waals surface area contributed by atoms with Crippen molar-refractivity contribution >= 4 is 12.6 Å². The topological polar surface area (TPSA) is 34.1 Å². The molecule has 0 heterocycles. The molecule has 1 aromatic carbocycles. The number of rotatable bonds is 13. The lowest BCUT2D eigenvalue weighted by molar-refractivity contribution is 0.267. The van der Waals surface area contributed by atoms with Crippen LogP contribution in [0.25, 0.3) is 0 Å². The first-order valence-electron chi connectivity index (χ1n) is 8.98. The molecule has 0 fully saturated rings. The van der Waals surface area contributed by atoms with Crippen molar-refractivity contribution in [1.29, 1.82) is 0 Å². The first kappa shape index (κ1) is 19.6. The standard InChI is InChI=1S/C21H30O2/c1-3-5-7-11-19(10-4-2)16-21(18-23,14-15-22)17-20-12-8-6-9-13-20/h6,8-9,12-13,19H,3-5,7,10-11,14,16-17H2,1-2H3. The van der Waals surface area contributed by atoms with E-state index >= 15 is 0 Å². The van der Waals surface area contributed by atoms with Crippen LogP contribution in [0.3, 0.4) is 0 Å². The molecule has 0 aliphatic carbocycles. The fourth-order valence-electron chi connectivity index (χ4n) is 3.44. The summed E-state index contributed by atoms with van der Waals surface area (Å²) >= 11 is 0. The van der Waals surface area contributed by atoms with E-state index in [1.54, 1.807) is 0 Å². The lowest BCUT2D eigenvalue weighted by Gasteiger charge is -2.30. The van der Waals surface area contributed by atoms with Gasteiger partial charge in [0.25, 0.3) is 0 Å². The van der Waals surface area contributed by atoms with Crippen molar-refractivity contribution in [2.24, 2.45) is 11.3 Å². The summed E-state index contributed by atoms with van der Waals surface area (Å²) in [6.07, 6.45) is 12.7. The molecule has 2 radical (unpaired) electrons. The van der Waals surface area contributed by atoms with Crippen molar-refractivity contribution in [2.75, 3.05) is 0 Å². The zero-order valence-electron chi connectivity index (χ0n) is 14.6. The highest BCUT2D eigenvalue weighted by Gasteiger charge is 2.34. The van der Waals surface area contributed by atoms with Crippen LogP contribution in [0.15, 0.2) is 30.3 Å². The van der Waals surface area contributed by atoms with Crippen LogP contribution in [-0.2, 0) is 16.0 Å². The molecule has 1 aromatic rings. The molecule has 0 amide bonds. The number of unbranched alkanes of at least 4 members (excludes halogenated alkanes) is 2. The van der Waals surface area contributed by atoms with Crippen LogP contribution < -0.4 is 0 Å². The van der Waals surface area contributed by atoms with Crippen LogP contribution in [0.4, 0.5) is 0 Å². The normalized spacial score (nSPS) is 14.9. The number of hydrogen-bond acceptors (Lipinski definition) is 2. The van der Waals surface area contributed by atoms with Gasteiger partial charge in [-0.25, -0.2) is 0 Å². The monoisotopic (exact) mass is 314 g/mol. The summed E-state index contributed by atoms with van der Waals surface area (Å²) in [5, 5.41) is 0. The van der Waals surface area contributed by atoms with Gasteiger partial charge in [0.2, 0.25) is 6.29 Å². The van der Waals surface area contributed by atoms with E-state index in [4.69, 9.17) is 0 Å². The van der Waals surface area contributed by atoms with Crippen molar-refractivity contribution < 1.29 is 9.59 Å². The highest BCUT2D eigenvalue weighted by atomic mass is 16.1. The van der Waals surface area contributed by atoms with Gasteiger partial charge >= 0.3 is 0 Å². The minimum Gasteiger partial charge on any atom is -0.291 e. The summed E-state index contributed by atoms with van der Waals surface area (Å²) < 4.78 is 0. The predicted molar refractivity (Wildman–Crippen MR) is 95.7 cm³/mol. The molecule has 0 N–H and O–H groups in total. The van der Waals surface area contributed by atoms with Gasteiger partial charge in [0.05, 0.1) is 0 Å². The SMILES string of the molecule is CCCCCC(CCC)CC([C]=O)(C[C]=O)Cc1ccccc1. The van der Waals surface area contributed by atoms with Crippen LogP contribution >= 0.6 is 0 Å². The first-order valence-corrected chi connectivity index (χ1v) is 8.98. The summed E-state index contributed by atoms with van der Waals surface area (Å²) in [5.41, 5.74) is 0.379. The zero-order valence-corrected chi connectivity index (χ0v) is 14.6. The summed E-state index contributed by atoms with van der Waals surface area (Å²) in [5.74, 6) is 0.491. The second kappa shape index (κ2) is 11.2. The average molecular weight is 314 g/mol. The molecule has 0 aliphatic rings. The molecule has 2 nitrogen and oxygen atoms in total. The highest BCUT2D eigenvalue weighted by molar-refractivity contribution is 5.68. The van der Waals surface area contributed by atoms with E-state index in [1.165, 1.54) is 19.3 Å². The van der Waals surface area contributed by atoms with Crippen LogP contribution in [0.5, 0.6) is 0 Å². The van der Waals surface area contributed by atoms with Gasteiger partial charge in [-0.2, -0.15) is 0 Å². The molecule has 0 aliphatic heterocycles. The average Bonchev–Trinajstić information content (AvgIpc) is 2.56. The molecule has 2 atom stereocenters. The van der Waals surface area contributed by atoms with Crippen molar-refractivity contribution in [3.63, 3.8) is 0 Å². The van der Waals surface area contributed by atoms with Crippen molar-refractivity contribution in [3.05, 3.63) is 35.9 Å². The molecule has 126 valence electrons. The highest BCUT2D eigenvalue weighted by Crippen LogP contribution is 2.35. The van der Waals surface area contributed by atoms with Crippen LogP contribution in [0.2, 0.25) is 0 Å². The Hall–Kier alpha value is -1.44. The summed E-state index contributed by atoms with van der Waals surface area (Å²) in [6.45, 7) is 4.39. The Morgan fingerprint density at radius 3 is 2.30 bits per heavy atom. The first-order chi connectivity index (χ1) is 11.2. The van der Waals surface area contributed by atoms with E-state index in [1.807, 2.05) is 36.6 Å². The number of hydrogen-bond donors (Lipinski definition) is 0. The molecule has 0 spiro atoms. The van der Waals surface area contributed by atoms with E-state index in [-0.39, 0.29) is 6.42 Å². The fourth-order valence-corrected chi connectivity index (χ4v) is 3.44. The molecule has 1 rings (SSSR count). The van der Waals surface area contributed by atoms with E-state index in [0.29, 0.717) is 12.3 Å². The zero-order chi connectivity index (χ0) is 17.0. The maximum atomic E-state index is 11.8. The Bertz CT molecular complexity index is 440. The van der Waals surface area contributed by atoms with Gasteiger partial charge in [-0.3, -0.25) is 9.59 Å². The molecule has 2 heteroatoms. The smallest absolute Gasteiger partial charge is 0.205 e. The van der Waals surface area contributed by atoms with Gasteiger partial charge in [-0.15, -0.1) is 0 Å². The molecule has 23 heavy (non-hydrogen) atoms. The van der Waals surface area contributed by atoms with Crippen molar-refractivity contribution in [2.45, 2.75) is 71.6 Å². The van der Waals surface area contributed by atoms with E-state index in [9.17, 15) is 9.59 Å². The minimum absolute atomic E-state index is 0.152. The molecule has 0 aromatic heterocycles. The Morgan fingerprint density at radius 1 is 1.00 bits per heavy atom. The Balaban J connectivity index is 2.84. The Kier molecular flexibility index (Phi) is 9.51. The molecule has 0 saturated carbocycles.